The Bertz CT molecular complexity index is 1160. The van der Waals surface area contributed by atoms with Gasteiger partial charge in [0.15, 0.2) is 5.11 Å². The number of nitrogens with zero attached hydrogens (tertiary/aromatic N) is 2. The van der Waals surface area contributed by atoms with Gasteiger partial charge in [-0.3, -0.25) is 9.59 Å². The van der Waals surface area contributed by atoms with Crippen molar-refractivity contribution in [2.75, 3.05) is 32.1 Å². The minimum absolute atomic E-state index is 0.186. The van der Waals surface area contributed by atoms with Gasteiger partial charge in [0, 0.05) is 25.2 Å². The number of carbonyl (C=O) groups is 3. The minimum atomic E-state index is -0.682. The van der Waals surface area contributed by atoms with Crippen molar-refractivity contribution < 1.29 is 23.9 Å². The number of hydrogen-bond acceptors (Lipinski definition) is 6. The molecule has 0 radical (unpaired) electrons. The summed E-state index contributed by atoms with van der Waals surface area (Å²) in [6, 6.07) is 15.1. The zero-order valence-electron chi connectivity index (χ0n) is 22.4. The molecule has 0 spiro atoms. The van der Waals surface area contributed by atoms with Crippen molar-refractivity contribution in [2.24, 2.45) is 0 Å². The van der Waals surface area contributed by atoms with Gasteiger partial charge in [0.25, 0.3) is 0 Å². The molecule has 2 saturated heterocycles. The third kappa shape index (κ3) is 7.06. The second kappa shape index (κ2) is 13.4. The van der Waals surface area contributed by atoms with Crippen LogP contribution in [0.4, 0.5) is 5.69 Å². The van der Waals surface area contributed by atoms with E-state index in [1.165, 1.54) is 0 Å². The lowest BCUT2D eigenvalue weighted by Crippen LogP contribution is -2.56. The fraction of sp³-hybridized carbons (Fsp3) is 0.448. The molecule has 0 bridgehead atoms. The highest BCUT2D eigenvalue weighted by atomic mass is 32.1. The average Bonchev–Trinajstić information content (AvgIpc) is 3.64. The van der Waals surface area contributed by atoms with Crippen molar-refractivity contribution in [3.63, 3.8) is 0 Å². The van der Waals surface area contributed by atoms with Gasteiger partial charge in [-0.05, 0) is 74.7 Å². The third-order valence-electron chi connectivity index (χ3n) is 7.15. The summed E-state index contributed by atoms with van der Waals surface area (Å²) < 4.78 is 10.4. The molecule has 2 heterocycles. The van der Waals surface area contributed by atoms with Crippen LogP contribution in [0.1, 0.15) is 38.2 Å². The highest BCUT2D eigenvalue weighted by molar-refractivity contribution is 7.80. The number of esters is 1. The average molecular weight is 553 g/mol. The summed E-state index contributed by atoms with van der Waals surface area (Å²) in [5.74, 6) is -0.0310. The molecule has 208 valence electrons. The summed E-state index contributed by atoms with van der Waals surface area (Å²) in [5, 5.41) is 6.63. The SMILES string of the molecule is CCOC(=O)[C@H]1CCCN1C(=O)[C@@H]1CCCN1C(=O)[C@H](Cc1ccccc1)NC(=S)Nc1ccc(OC)cc1. The predicted octanol–water partition coefficient (Wildman–Crippen LogP) is 3.14. The van der Waals surface area contributed by atoms with E-state index in [2.05, 4.69) is 10.6 Å². The van der Waals surface area contributed by atoms with Crippen LogP contribution in [0.2, 0.25) is 0 Å². The van der Waals surface area contributed by atoms with Gasteiger partial charge in [-0.15, -0.1) is 0 Å². The van der Waals surface area contributed by atoms with Gasteiger partial charge in [0.1, 0.15) is 23.9 Å². The van der Waals surface area contributed by atoms with E-state index in [0.717, 1.165) is 23.4 Å². The van der Waals surface area contributed by atoms with Crippen molar-refractivity contribution in [3.8, 4) is 5.75 Å². The molecular weight excluding hydrogens is 516 g/mol. The van der Waals surface area contributed by atoms with Crippen LogP contribution in [0.25, 0.3) is 0 Å². The molecule has 2 aromatic rings. The van der Waals surface area contributed by atoms with Crippen LogP contribution in [0.3, 0.4) is 0 Å². The van der Waals surface area contributed by atoms with Gasteiger partial charge in [-0.25, -0.2) is 4.79 Å². The summed E-state index contributed by atoms with van der Waals surface area (Å²) in [4.78, 5) is 43.3. The van der Waals surface area contributed by atoms with Gasteiger partial charge in [-0.2, -0.15) is 0 Å². The van der Waals surface area contributed by atoms with Crippen molar-refractivity contribution >= 4 is 40.8 Å². The zero-order chi connectivity index (χ0) is 27.8. The first-order valence-corrected chi connectivity index (χ1v) is 13.8. The molecule has 3 atom stereocenters. The monoisotopic (exact) mass is 552 g/mol. The molecule has 0 aliphatic carbocycles. The van der Waals surface area contributed by atoms with E-state index in [4.69, 9.17) is 21.7 Å². The fourth-order valence-electron chi connectivity index (χ4n) is 5.24. The Morgan fingerprint density at radius 3 is 2.31 bits per heavy atom. The topological polar surface area (TPSA) is 100 Å². The maximum absolute atomic E-state index is 14.0. The van der Waals surface area contributed by atoms with Crippen LogP contribution in [-0.2, 0) is 25.5 Å². The summed E-state index contributed by atoms with van der Waals surface area (Å²) in [6.45, 7) is 2.98. The molecule has 4 rings (SSSR count). The van der Waals surface area contributed by atoms with Gasteiger partial charge in [0.05, 0.1) is 13.7 Å². The van der Waals surface area contributed by atoms with E-state index in [1.807, 2.05) is 54.6 Å². The lowest BCUT2D eigenvalue weighted by atomic mass is 10.0. The second-order valence-electron chi connectivity index (χ2n) is 9.70. The van der Waals surface area contributed by atoms with E-state index >= 15 is 0 Å². The van der Waals surface area contributed by atoms with Crippen molar-refractivity contribution in [2.45, 2.75) is 57.2 Å². The molecule has 2 aromatic carbocycles. The van der Waals surface area contributed by atoms with Gasteiger partial charge in [-0.1, -0.05) is 30.3 Å². The number of anilines is 1. The molecule has 2 amide bonds. The predicted molar refractivity (Wildman–Crippen MR) is 152 cm³/mol. The summed E-state index contributed by atoms with van der Waals surface area (Å²) >= 11 is 5.57. The molecule has 2 fully saturated rings. The Morgan fingerprint density at radius 2 is 1.64 bits per heavy atom. The number of likely N-dealkylation sites (tertiary alicyclic amines) is 2. The number of amides is 2. The normalized spacial score (nSPS) is 19.3. The number of ether oxygens (including phenoxy) is 2. The number of hydrogen-bond donors (Lipinski definition) is 2. The largest absolute Gasteiger partial charge is 0.497 e. The van der Waals surface area contributed by atoms with Crippen LogP contribution >= 0.6 is 12.2 Å². The minimum Gasteiger partial charge on any atom is -0.497 e. The van der Waals surface area contributed by atoms with E-state index < -0.39 is 18.1 Å². The Hall–Kier alpha value is -3.66. The molecule has 2 N–H and O–H groups in total. The molecule has 39 heavy (non-hydrogen) atoms. The van der Waals surface area contributed by atoms with Gasteiger partial charge >= 0.3 is 5.97 Å². The first kappa shape index (κ1) is 28.4. The number of carbonyl (C=O) groups excluding carboxylic acids is 3. The smallest absolute Gasteiger partial charge is 0.328 e. The standard InChI is InChI=1S/C29H36N4O5S/c1-3-38-28(36)25-12-8-18-33(25)27(35)24-11-7-17-32(24)26(34)23(19-20-9-5-4-6-10-20)31-29(39)30-21-13-15-22(37-2)16-14-21/h4-6,9-10,13-16,23-25H,3,7-8,11-12,17-19H2,1-2H3,(H2,30,31,39)/t23-,24-,25+/m0/s1. The van der Waals surface area contributed by atoms with E-state index in [0.29, 0.717) is 43.9 Å². The molecule has 0 saturated carbocycles. The lowest BCUT2D eigenvalue weighted by Gasteiger charge is -2.33. The molecule has 0 aromatic heterocycles. The van der Waals surface area contributed by atoms with Crippen molar-refractivity contribution in [3.05, 3.63) is 60.2 Å². The lowest BCUT2D eigenvalue weighted by molar-refractivity contribution is -0.155. The summed E-state index contributed by atoms with van der Waals surface area (Å²) in [5.41, 5.74) is 1.73. The Kier molecular flexibility index (Phi) is 9.75. The van der Waals surface area contributed by atoms with Crippen LogP contribution in [0.5, 0.6) is 5.75 Å². The molecule has 2 aliphatic rings. The maximum Gasteiger partial charge on any atom is 0.328 e. The van der Waals surface area contributed by atoms with Crippen molar-refractivity contribution in [1.29, 1.82) is 0 Å². The number of benzene rings is 2. The van der Waals surface area contributed by atoms with E-state index in [-0.39, 0.29) is 24.4 Å². The van der Waals surface area contributed by atoms with Crippen molar-refractivity contribution in [1.82, 2.24) is 15.1 Å². The number of nitrogens with one attached hydrogen (secondary N) is 2. The van der Waals surface area contributed by atoms with E-state index in [9.17, 15) is 14.4 Å². The quantitative estimate of drug-likeness (QED) is 0.362. The fourth-order valence-corrected chi connectivity index (χ4v) is 5.50. The number of methoxy groups -OCH3 is 1. The zero-order valence-corrected chi connectivity index (χ0v) is 23.2. The van der Waals surface area contributed by atoms with E-state index in [1.54, 1.807) is 23.8 Å². The molecular formula is C29H36N4O5S. The Morgan fingerprint density at radius 1 is 0.974 bits per heavy atom. The van der Waals surface area contributed by atoms with Gasteiger partial charge < -0.3 is 29.9 Å². The second-order valence-corrected chi connectivity index (χ2v) is 10.1. The first-order valence-electron chi connectivity index (χ1n) is 13.4. The first-order chi connectivity index (χ1) is 18.9. The van der Waals surface area contributed by atoms with Crippen LogP contribution in [0.15, 0.2) is 54.6 Å². The maximum atomic E-state index is 14.0. The third-order valence-corrected chi connectivity index (χ3v) is 7.37. The summed E-state index contributed by atoms with van der Waals surface area (Å²) in [6.07, 6.45) is 2.99. The molecule has 9 nitrogen and oxygen atoms in total. The van der Waals surface area contributed by atoms with Gasteiger partial charge in [0.2, 0.25) is 11.8 Å². The number of thiocarbonyl (C=S) groups is 1. The molecule has 0 unspecified atom stereocenters. The number of rotatable bonds is 9. The Labute approximate surface area is 234 Å². The Balaban J connectivity index is 1.49. The highest BCUT2D eigenvalue weighted by Crippen LogP contribution is 2.26. The summed E-state index contributed by atoms with van der Waals surface area (Å²) in [7, 11) is 1.60. The highest BCUT2D eigenvalue weighted by Gasteiger charge is 2.43. The van der Waals surface area contributed by atoms with Crippen LogP contribution < -0.4 is 15.4 Å². The van der Waals surface area contributed by atoms with Crippen LogP contribution in [0, 0.1) is 0 Å². The molecule has 10 heteroatoms. The van der Waals surface area contributed by atoms with Crippen LogP contribution in [-0.4, -0.2) is 77.6 Å². The molecule has 2 aliphatic heterocycles.